The van der Waals surface area contributed by atoms with Crippen LogP contribution in [-0.4, -0.2) is 25.9 Å². The van der Waals surface area contributed by atoms with Crippen LogP contribution >= 0.6 is 0 Å². The molecule has 5 heteroatoms. The van der Waals surface area contributed by atoms with E-state index in [0.29, 0.717) is 11.3 Å². The first-order chi connectivity index (χ1) is 11.7. The first-order valence-electron chi connectivity index (χ1n) is 7.43. The summed E-state index contributed by atoms with van der Waals surface area (Å²) in [5.41, 5.74) is 0.349. The van der Waals surface area contributed by atoms with Crippen molar-refractivity contribution >= 4 is 11.7 Å². The number of carbonyl (C=O) groups excluding carboxylic acids is 1. The van der Waals surface area contributed by atoms with Crippen molar-refractivity contribution in [1.82, 2.24) is 0 Å². The van der Waals surface area contributed by atoms with E-state index < -0.39 is 11.7 Å². The van der Waals surface area contributed by atoms with Crippen LogP contribution in [0.5, 0.6) is 0 Å². The van der Waals surface area contributed by atoms with Crippen molar-refractivity contribution in [3.05, 3.63) is 83.8 Å². The molecule has 0 bridgehead atoms. The van der Waals surface area contributed by atoms with Crippen LogP contribution in [0.25, 0.3) is 0 Å². The van der Waals surface area contributed by atoms with Crippen molar-refractivity contribution in [1.29, 1.82) is 0 Å². The van der Waals surface area contributed by atoms with E-state index in [2.05, 4.69) is 4.99 Å². The van der Waals surface area contributed by atoms with Gasteiger partial charge in [-0.15, -0.1) is 0 Å². The summed E-state index contributed by atoms with van der Waals surface area (Å²) in [5.74, 6) is -0.428. The summed E-state index contributed by atoms with van der Waals surface area (Å²) in [6.45, 7) is 0. The number of nitrogens with zero attached hydrogens (tertiary/aromatic N) is 1. The average molecular weight is 323 g/mol. The molecule has 0 fully saturated rings. The molecule has 122 valence electrons. The van der Waals surface area contributed by atoms with Crippen LogP contribution in [0.4, 0.5) is 0 Å². The smallest absolute Gasteiger partial charge is 0.379 e. The molecule has 1 unspecified atom stereocenters. The Morgan fingerprint density at radius 3 is 2.21 bits per heavy atom. The molecule has 1 heterocycles. The number of hydrogen-bond donors (Lipinski definition) is 0. The molecule has 3 rings (SSSR count). The Balaban J connectivity index is 2.20. The van der Waals surface area contributed by atoms with E-state index in [-0.39, 0.29) is 5.95 Å². The molecule has 0 radical (unpaired) electrons. The normalized spacial score (nSPS) is 19.6. The van der Waals surface area contributed by atoms with Crippen LogP contribution in [0.2, 0.25) is 0 Å². The number of allylic oxidation sites excluding steroid dienone is 1. The Hall–Kier alpha value is -3.08. The number of esters is 1. The lowest BCUT2D eigenvalue weighted by atomic mass is 10.0. The Labute approximate surface area is 140 Å². The fourth-order valence-corrected chi connectivity index (χ4v) is 2.50. The van der Waals surface area contributed by atoms with E-state index >= 15 is 0 Å². The largest absolute Gasteiger partial charge is 0.469 e. The van der Waals surface area contributed by atoms with Crippen LogP contribution in [0.1, 0.15) is 11.1 Å². The molecule has 2 aromatic carbocycles. The van der Waals surface area contributed by atoms with Crippen molar-refractivity contribution in [3.8, 4) is 0 Å². The van der Waals surface area contributed by atoms with Gasteiger partial charge in [-0.3, -0.25) is 0 Å². The second kappa shape index (κ2) is 6.58. The highest BCUT2D eigenvalue weighted by molar-refractivity contribution is 6.10. The number of carbonyl (C=O) groups is 1. The van der Waals surface area contributed by atoms with Gasteiger partial charge in [0.15, 0.2) is 0 Å². The van der Waals surface area contributed by atoms with Gasteiger partial charge in [-0.2, -0.15) is 0 Å². The molecule has 0 spiro atoms. The van der Waals surface area contributed by atoms with Gasteiger partial charge in [-0.1, -0.05) is 60.7 Å². The number of rotatable bonds is 4. The molecular weight excluding hydrogens is 306 g/mol. The number of benzene rings is 2. The maximum atomic E-state index is 12.6. The van der Waals surface area contributed by atoms with Crippen molar-refractivity contribution in [2.24, 2.45) is 4.99 Å². The second-order valence-corrected chi connectivity index (χ2v) is 5.13. The third-order valence-corrected chi connectivity index (χ3v) is 3.68. The molecule has 0 aliphatic carbocycles. The van der Waals surface area contributed by atoms with E-state index in [4.69, 9.17) is 14.2 Å². The van der Waals surface area contributed by atoms with Crippen molar-refractivity contribution in [2.75, 3.05) is 14.2 Å². The highest BCUT2D eigenvalue weighted by Crippen LogP contribution is 2.35. The summed E-state index contributed by atoms with van der Waals surface area (Å²) >= 11 is 0. The molecule has 0 amide bonds. The Morgan fingerprint density at radius 1 is 1.00 bits per heavy atom. The molecule has 1 aliphatic heterocycles. The van der Waals surface area contributed by atoms with E-state index in [1.807, 2.05) is 48.5 Å². The number of methoxy groups -OCH3 is 2. The summed E-state index contributed by atoms with van der Waals surface area (Å²) in [6, 6.07) is 18.5. The lowest BCUT2D eigenvalue weighted by Crippen LogP contribution is -2.41. The molecule has 2 aromatic rings. The van der Waals surface area contributed by atoms with Gasteiger partial charge in [0.25, 0.3) is 5.95 Å². The monoisotopic (exact) mass is 323 g/mol. The summed E-state index contributed by atoms with van der Waals surface area (Å²) < 4.78 is 16.0. The Morgan fingerprint density at radius 2 is 1.62 bits per heavy atom. The van der Waals surface area contributed by atoms with Crippen LogP contribution in [0, 0.1) is 0 Å². The van der Waals surface area contributed by atoms with Gasteiger partial charge in [-0.05, 0) is 0 Å². The molecule has 0 saturated heterocycles. The fourth-order valence-electron chi connectivity index (χ4n) is 2.50. The Bertz CT molecular complexity index is 784. The van der Waals surface area contributed by atoms with Crippen molar-refractivity contribution in [3.63, 3.8) is 0 Å². The summed E-state index contributed by atoms with van der Waals surface area (Å²) in [6.07, 6.45) is 1.65. The quantitative estimate of drug-likeness (QED) is 0.812. The molecule has 1 aliphatic rings. The van der Waals surface area contributed by atoms with E-state index in [0.717, 1.165) is 5.56 Å². The number of aliphatic imine (C=N–C) groups is 1. The first-order valence-corrected chi connectivity index (χ1v) is 7.43. The van der Waals surface area contributed by atoms with Gasteiger partial charge in [0, 0.05) is 17.2 Å². The van der Waals surface area contributed by atoms with Crippen molar-refractivity contribution < 1.29 is 19.0 Å². The molecule has 0 aromatic heterocycles. The maximum Gasteiger partial charge on any atom is 0.379 e. The standard InChI is InChI=1S/C19H17NO4/c1-22-17-13-16(14-9-5-3-6-10-14)20-19(24-17,18(21)23-2)15-11-7-4-8-12-15/h3-13H,1-2H3. The molecular formula is C19H17NO4. The number of ether oxygens (including phenoxy) is 3. The van der Waals surface area contributed by atoms with Crippen LogP contribution in [0.15, 0.2) is 77.7 Å². The third kappa shape index (κ3) is 2.76. The lowest BCUT2D eigenvalue weighted by Gasteiger charge is -2.32. The predicted molar refractivity (Wildman–Crippen MR) is 89.3 cm³/mol. The fraction of sp³-hybridized carbons (Fsp3) is 0.158. The SMILES string of the molecule is COC(=O)C1(c2ccccc2)N=C(c2ccccc2)C=C(OC)O1. The molecule has 1 atom stereocenters. The molecule has 24 heavy (non-hydrogen) atoms. The molecule has 0 N–H and O–H groups in total. The van der Waals surface area contributed by atoms with Gasteiger partial charge in [0.2, 0.25) is 0 Å². The second-order valence-electron chi connectivity index (χ2n) is 5.13. The predicted octanol–water partition coefficient (Wildman–Crippen LogP) is 3.02. The first kappa shape index (κ1) is 15.8. The summed E-state index contributed by atoms with van der Waals surface area (Å²) in [4.78, 5) is 17.2. The van der Waals surface area contributed by atoms with E-state index in [9.17, 15) is 4.79 Å². The summed E-state index contributed by atoms with van der Waals surface area (Å²) in [7, 11) is 2.78. The van der Waals surface area contributed by atoms with Crippen LogP contribution in [0.3, 0.4) is 0 Å². The minimum absolute atomic E-state index is 0.193. The Kier molecular flexibility index (Phi) is 4.33. The molecule has 0 saturated carbocycles. The van der Waals surface area contributed by atoms with E-state index in [1.54, 1.807) is 18.2 Å². The third-order valence-electron chi connectivity index (χ3n) is 3.68. The number of hydrogen-bond acceptors (Lipinski definition) is 5. The maximum absolute atomic E-state index is 12.6. The van der Waals surface area contributed by atoms with Crippen molar-refractivity contribution in [2.45, 2.75) is 5.72 Å². The minimum Gasteiger partial charge on any atom is -0.469 e. The average Bonchev–Trinajstić information content (AvgIpc) is 2.68. The van der Waals surface area contributed by atoms with Gasteiger partial charge in [0.05, 0.1) is 19.9 Å². The zero-order valence-electron chi connectivity index (χ0n) is 13.4. The molecule has 5 nitrogen and oxygen atoms in total. The summed E-state index contributed by atoms with van der Waals surface area (Å²) in [5, 5.41) is 0. The topological polar surface area (TPSA) is 57.1 Å². The van der Waals surface area contributed by atoms with Gasteiger partial charge in [-0.25, -0.2) is 9.79 Å². The zero-order valence-corrected chi connectivity index (χ0v) is 13.4. The minimum atomic E-state index is -1.64. The van der Waals surface area contributed by atoms with Gasteiger partial charge >= 0.3 is 11.7 Å². The lowest BCUT2D eigenvalue weighted by molar-refractivity contribution is -0.171. The van der Waals surface area contributed by atoms with Gasteiger partial charge in [0.1, 0.15) is 0 Å². The zero-order chi connectivity index (χ0) is 17.0. The highest BCUT2D eigenvalue weighted by Gasteiger charge is 2.47. The highest BCUT2D eigenvalue weighted by atomic mass is 16.7. The van der Waals surface area contributed by atoms with E-state index in [1.165, 1.54) is 14.2 Å². The van der Waals surface area contributed by atoms with Crippen LogP contribution < -0.4 is 0 Å². The van der Waals surface area contributed by atoms with Crippen LogP contribution in [-0.2, 0) is 24.7 Å². The van der Waals surface area contributed by atoms with Gasteiger partial charge < -0.3 is 14.2 Å².